The number of amides is 1. The maximum Gasteiger partial charge on any atom is 0.414 e. The number of hydrogen-bond acceptors (Lipinski definition) is 5. The molecule has 6 nitrogen and oxygen atoms in total. The number of benzene rings is 2. The molecule has 140 valence electrons. The van der Waals surface area contributed by atoms with Crippen LogP contribution in [0.15, 0.2) is 53.1 Å². The molecule has 27 heavy (non-hydrogen) atoms. The van der Waals surface area contributed by atoms with Gasteiger partial charge in [-0.1, -0.05) is 23.7 Å². The van der Waals surface area contributed by atoms with Gasteiger partial charge in [-0.2, -0.15) is 0 Å². The first-order valence-corrected chi connectivity index (χ1v) is 8.87. The van der Waals surface area contributed by atoms with Crippen molar-refractivity contribution in [3.05, 3.63) is 59.3 Å². The average Bonchev–Trinajstić information content (AvgIpc) is 3.23. The molecule has 1 saturated heterocycles. The van der Waals surface area contributed by atoms with Crippen molar-refractivity contribution in [3.8, 4) is 5.75 Å². The zero-order valence-corrected chi connectivity index (χ0v) is 15.4. The minimum Gasteiger partial charge on any atom is -0.489 e. The average molecular weight is 388 g/mol. The molecular weight excluding hydrogens is 370 g/mol. The van der Waals surface area contributed by atoms with Gasteiger partial charge in [-0.3, -0.25) is 4.90 Å². The number of halogens is 1. The van der Waals surface area contributed by atoms with E-state index < -0.39 is 6.09 Å². The van der Waals surface area contributed by atoms with Crippen LogP contribution in [0.5, 0.6) is 5.75 Å². The van der Waals surface area contributed by atoms with Crippen LogP contribution in [0.2, 0.25) is 5.02 Å². The van der Waals surface area contributed by atoms with Crippen molar-refractivity contribution < 1.29 is 23.4 Å². The lowest BCUT2D eigenvalue weighted by Gasteiger charge is -2.11. The van der Waals surface area contributed by atoms with E-state index in [1.807, 2.05) is 36.4 Å². The summed E-state index contributed by atoms with van der Waals surface area (Å²) < 4.78 is 21.8. The van der Waals surface area contributed by atoms with E-state index in [0.29, 0.717) is 41.8 Å². The van der Waals surface area contributed by atoms with Crippen LogP contribution in [0.1, 0.15) is 5.56 Å². The van der Waals surface area contributed by atoms with Crippen molar-refractivity contribution in [1.29, 1.82) is 0 Å². The summed E-state index contributed by atoms with van der Waals surface area (Å²) in [7, 11) is 1.58. The smallest absolute Gasteiger partial charge is 0.414 e. The predicted molar refractivity (Wildman–Crippen MR) is 101 cm³/mol. The van der Waals surface area contributed by atoms with E-state index in [-0.39, 0.29) is 6.10 Å². The Morgan fingerprint density at radius 2 is 2.15 bits per heavy atom. The highest BCUT2D eigenvalue weighted by atomic mass is 35.5. The summed E-state index contributed by atoms with van der Waals surface area (Å²) in [6.07, 6.45) is 0.871. The Bertz CT molecular complexity index is 970. The highest BCUT2D eigenvalue weighted by Gasteiger charge is 2.34. The number of rotatable bonds is 6. The number of fused-ring (bicyclic) bond motifs is 1. The second-order valence-corrected chi connectivity index (χ2v) is 6.71. The van der Waals surface area contributed by atoms with Crippen LogP contribution in [0, 0.1) is 0 Å². The van der Waals surface area contributed by atoms with Gasteiger partial charge in [-0.25, -0.2) is 4.79 Å². The fourth-order valence-electron chi connectivity index (χ4n) is 3.08. The van der Waals surface area contributed by atoms with Crippen molar-refractivity contribution in [3.63, 3.8) is 0 Å². The third-order valence-electron chi connectivity index (χ3n) is 4.34. The van der Waals surface area contributed by atoms with Crippen molar-refractivity contribution in [1.82, 2.24) is 0 Å². The van der Waals surface area contributed by atoms with Crippen LogP contribution >= 0.6 is 11.6 Å². The SMILES string of the molecule is COC[C@H]1CN(c2coc3cc(OCc4cccc(Cl)c4)ccc23)C(=O)O1. The molecule has 1 aromatic heterocycles. The molecule has 0 bridgehead atoms. The van der Waals surface area contributed by atoms with E-state index in [2.05, 4.69) is 0 Å². The van der Waals surface area contributed by atoms with E-state index >= 15 is 0 Å². The molecule has 0 radical (unpaired) electrons. The van der Waals surface area contributed by atoms with Gasteiger partial charge in [-0.05, 0) is 29.8 Å². The Balaban J connectivity index is 1.51. The molecule has 1 amide bonds. The third kappa shape index (κ3) is 3.72. The Labute approximate surface area is 161 Å². The molecule has 3 aromatic rings. The number of carbonyl (C=O) groups is 1. The zero-order chi connectivity index (χ0) is 18.8. The Hall–Kier alpha value is -2.70. The van der Waals surface area contributed by atoms with Crippen LogP contribution in [-0.2, 0) is 16.1 Å². The molecule has 0 saturated carbocycles. The van der Waals surface area contributed by atoms with Crippen molar-refractivity contribution >= 4 is 34.4 Å². The molecule has 1 fully saturated rings. The van der Waals surface area contributed by atoms with Gasteiger partial charge in [0.25, 0.3) is 0 Å². The summed E-state index contributed by atoms with van der Waals surface area (Å²) in [6.45, 7) is 1.19. The Kier molecular flexibility index (Phi) is 4.92. The lowest BCUT2D eigenvalue weighted by Crippen LogP contribution is -2.25. The van der Waals surface area contributed by atoms with Crippen LogP contribution in [0.25, 0.3) is 11.0 Å². The van der Waals surface area contributed by atoms with Crippen LogP contribution in [0.3, 0.4) is 0 Å². The molecule has 7 heteroatoms. The zero-order valence-electron chi connectivity index (χ0n) is 14.7. The number of methoxy groups -OCH3 is 1. The van der Waals surface area contributed by atoms with Gasteiger partial charge in [0.05, 0.1) is 18.8 Å². The lowest BCUT2D eigenvalue weighted by molar-refractivity contribution is 0.0718. The molecule has 0 N–H and O–H groups in total. The summed E-state index contributed by atoms with van der Waals surface area (Å²) in [5.41, 5.74) is 2.29. The van der Waals surface area contributed by atoms with Gasteiger partial charge in [0.2, 0.25) is 0 Å². The molecule has 1 atom stereocenters. The van der Waals surface area contributed by atoms with Gasteiger partial charge in [0.15, 0.2) is 0 Å². The van der Waals surface area contributed by atoms with Gasteiger partial charge in [0.1, 0.15) is 30.3 Å². The van der Waals surface area contributed by atoms with E-state index in [1.165, 1.54) is 0 Å². The molecule has 1 aliphatic heterocycles. The highest BCUT2D eigenvalue weighted by molar-refractivity contribution is 6.30. The van der Waals surface area contributed by atoms with E-state index in [4.69, 9.17) is 30.2 Å². The monoisotopic (exact) mass is 387 g/mol. The number of furan rings is 1. The summed E-state index contributed by atoms with van der Waals surface area (Å²) in [5.74, 6) is 0.671. The third-order valence-corrected chi connectivity index (χ3v) is 4.57. The fraction of sp³-hybridized carbons (Fsp3) is 0.250. The lowest BCUT2D eigenvalue weighted by atomic mass is 10.2. The van der Waals surface area contributed by atoms with E-state index in [0.717, 1.165) is 10.9 Å². The standard InChI is InChI=1S/C20H18ClNO5/c1-24-11-16-9-22(20(23)27-16)18-12-26-19-8-15(5-6-17(18)19)25-10-13-3-2-4-14(21)7-13/h2-8,12,16H,9-11H2,1H3/t16-/m1/s1. The van der Waals surface area contributed by atoms with Gasteiger partial charge in [-0.15, -0.1) is 0 Å². The first-order chi connectivity index (χ1) is 13.1. The van der Waals surface area contributed by atoms with Crippen LogP contribution < -0.4 is 9.64 Å². The summed E-state index contributed by atoms with van der Waals surface area (Å²) in [5, 5.41) is 1.49. The van der Waals surface area contributed by atoms with Crippen molar-refractivity contribution in [2.24, 2.45) is 0 Å². The Morgan fingerprint density at radius 1 is 1.26 bits per heavy atom. The molecule has 0 spiro atoms. The molecule has 1 aliphatic rings. The maximum absolute atomic E-state index is 12.1. The molecule has 0 aliphatic carbocycles. The quantitative estimate of drug-likeness (QED) is 0.616. The normalized spacial score (nSPS) is 16.7. The number of ether oxygens (including phenoxy) is 3. The second-order valence-electron chi connectivity index (χ2n) is 6.27. The van der Waals surface area contributed by atoms with Crippen LogP contribution in [-0.4, -0.2) is 32.5 Å². The number of anilines is 1. The summed E-state index contributed by atoms with van der Waals surface area (Å²) in [4.78, 5) is 13.7. The summed E-state index contributed by atoms with van der Waals surface area (Å²) in [6, 6.07) is 13.0. The molecule has 0 unspecified atom stereocenters. The maximum atomic E-state index is 12.1. The number of cyclic esters (lactones) is 1. The minimum atomic E-state index is -0.402. The van der Waals surface area contributed by atoms with Crippen LogP contribution in [0.4, 0.5) is 10.5 Å². The van der Waals surface area contributed by atoms with Crippen molar-refractivity contribution in [2.45, 2.75) is 12.7 Å². The fourth-order valence-corrected chi connectivity index (χ4v) is 3.29. The molecule has 2 aromatic carbocycles. The number of hydrogen-bond donors (Lipinski definition) is 0. The van der Waals surface area contributed by atoms with Crippen molar-refractivity contribution in [2.75, 3.05) is 25.2 Å². The Morgan fingerprint density at radius 3 is 2.96 bits per heavy atom. The highest BCUT2D eigenvalue weighted by Crippen LogP contribution is 2.34. The number of carbonyl (C=O) groups excluding carboxylic acids is 1. The molecule has 2 heterocycles. The summed E-state index contributed by atoms with van der Waals surface area (Å²) >= 11 is 5.99. The van der Waals surface area contributed by atoms with E-state index in [1.54, 1.807) is 24.3 Å². The molecular formula is C20H18ClNO5. The first-order valence-electron chi connectivity index (χ1n) is 8.49. The van der Waals surface area contributed by atoms with E-state index in [9.17, 15) is 4.79 Å². The van der Waals surface area contributed by atoms with Gasteiger partial charge < -0.3 is 18.6 Å². The second kappa shape index (κ2) is 7.50. The van der Waals surface area contributed by atoms with Gasteiger partial charge >= 0.3 is 6.09 Å². The number of nitrogens with zero attached hydrogens (tertiary/aromatic N) is 1. The predicted octanol–water partition coefficient (Wildman–Crippen LogP) is 4.64. The minimum absolute atomic E-state index is 0.284. The topological polar surface area (TPSA) is 61.1 Å². The molecule has 4 rings (SSSR count). The first kappa shape index (κ1) is 17.7. The van der Waals surface area contributed by atoms with Gasteiger partial charge in [0, 0.05) is 23.6 Å². The largest absolute Gasteiger partial charge is 0.489 e.